The van der Waals surface area contributed by atoms with Gasteiger partial charge < -0.3 is 5.11 Å². The highest BCUT2D eigenvalue weighted by Gasteiger charge is 2.34. The number of hydrogen-bond acceptors (Lipinski definition) is 6. The molecule has 2 aromatic rings. The van der Waals surface area contributed by atoms with Gasteiger partial charge in [-0.1, -0.05) is 11.6 Å². The zero-order valence-corrected chi connectivity index (χ0v) is 16.8. The first-order chi connectivity index (χ1) is 13.2. The first-order valence-corrected chi connectivity index (χ1v) is 9.11. The average molecular weight is 483 g/mol. The molecule has 1 heterocycles. The van der Waals surface area contributed by atoms with Crippen molar-refractivity contribution in [3.05, 3.63) is 67.1 Å². The lowest BCUT2D eigenvalue weighted by molar-refractivity contribution is -0.385. The molecule has 142 valence electrons. The summed E-state index contributed by atoms with van der Waals surface area (Å²) in [5, 5.41) is 23.9. The number of anilines is 1. The van der Waals surface area contributed by atoms with Crippen molar-refractivity contribution < 1.29 is 19.6 Å². The van der Waals surface area contributed by atoms with E-state index in [1.54, 1.807) is 24.3 Å². The number of aromatic hydroxyl groups is 1. The largest absolute Gasteiger partial charge is 0.506 e. The molecular formula is C17H9BrClN3O5S. The van der Waals surface area contributed by atoms with Gasteiger partial charge in [0.25, 0.3) is 17.5 Å². The van der Waals surface area contributed by atoms with Gasteiger partial charge in [-0.25, -0.2) is 0 Å². The summed E-state index contributed by atoms with van der Waals surface area (Å²) in [6.07, 6.45) is 1.06. The van der Waals surface area contributed by atoms with Crippen molar-refractivity contribution >= 4 is 74.1 Å². The lowest BCUT2D eigenvalue weighted by atomic mass is 10.1. The molecule has 28 heavy (non-hydrogen) atoms. The number of hydrogen-bond donors (Lipinski definition) is 2. The van der Waals surface area contributed by atoms with Gasteiger partial charge >= 0.3 is 0 Å². The molecule has 1 saturated heterocycles. The molecule has 11 heteroatoms. The maximum absolute atomic E-state index is 12.9. The number of nitro benzene ring substituents is 1. The fourth-order valence-corrected chi connectivity index (χ4v) is 3.33. The maximum atomic E-state index is 12.9. The smallest absolute Gasteiger partial charge is 0.271 e. The number of halogens is 2. The molecule has 2 aromatic carbocycles. The topological polar surface area (TPSA) is 113 Å². The van der Waals surface area contributed by atoms with Crippen LogP contribution in [-0.2, 0) is 9.59 Å². The number of nitro groups is 1. The number of carbonyl (C=O) groups is 2. The van der Waals surface area contributed by atoms with Crippen LogP contribution >= 0.6 is 39.7 Å². The molecule has 0 unspecified atom stereocenters. The number of thiocarbonyl (C=S) groups is 1. The van der Waals surface area contributed by atoms with E-state index < -0.39 is 16.7 Å². The summed E-state index contributed by atoms with van der Waals surface area (Å²) in [6, 6.07) is 8.35. The van der Waals surface area contributed by atoms with Crippen molar-refractivity contribution in [2.45, 2.75) is 0 Å². The second-order valence-corrected chi connectivity index (χ2v) is 7.23. The van der Waals surface area contributed by atoms with E-state index in [-0.39, 0.29) is 32.2 Å². The summed E-state index contributed by atoms with van der Waals surface area (Å²) < 4.78 is 0.0438. The van der Waals surface area contributed by atoms with Crippen molar-refractivity contribution in [1.82, 2.24) is 5.32 Å². The summed E-state index contributed by atoms with van der Waals surface area (Å²) in [4.78, 5) is 36.7. The SMILES string of the molecule is O=C1NC(=S)N(c2ccc(Cl)cc2)C(=O)/C1=C/c1cc([N+](=O)[O-])cc(Br)c1O. The van der Waals surface area contributed by atoms with E-state index in [0.717, 1.165) is 23.1 Å². The van der Waals surface area contributed by atoms with Crippen LogP contribution in [0.2, 0.25) is 5.02 Å². The predicted molar refractivity (Wildman–Crippen MR) is 110 cm³/mol. The Morgan fingerprint density at radius 2 is 1.89 bits per heavy atom. The van der Waals surface area contributed by atoms with E-state index in [9.17, 15) is 24.8 Å². The van der Waals surface area contributed by atoms with Crippen LogP contribution in [0.4, 0.5) is 11.4 Å². The molecule has 0 radical (unpaired) electrons. The third-order valence-electron chi connectivity index (χ3n) is 3.77. The second kappa shape index (κ2) is 7.66. The van der Waals surface area contributed by atoms with Crippen LogP contribution in [-0.4, -0.2) is 27.0 Å². The molecule has 0 spiro atoms. The molecule has 0 aliphatic carbocycles. The number of benzene rings is 2. The van der Waals surface area contributed by atoms with E-state index in [1.807, 2.05) is 0 Å². The normalized spacial score (nSPS) is 15.7. The Morgan fingerprint density at radius 3 is 2.50 bits per heavy atom. The minimum atomic E-state index is -0.790. The number of phenols is 1. The third-order valence-corrected chi connectivity index (χ3v) is 4.92. The van der Waals surface area contributed by atoms with Gasteiger partial charge in [0.2, 0.25) is 0 Å². The highest BCUT2D eigenvalue weighted by atomic mass is 79.9. The highest BCUT2D eigenvalue weighted by molar-refractivity contribution is 9.10. The van der Waals surface area contributed by atoms with E-state index in [1.165, 1.54) is 0 Å². The van der Waals surface area contributed by atoms with E-state index in [4.69, 9.17) is 23.8 Å². The molecule has 3 rings (SSSR count). The van der Waals surface area contributed by atoms with Gasteiger partial charge in [0.1, 0.15) is 11.3 Å². The lowest BCUT2D eigenvalue weighted by Gasteiger charge is -2.29. The average Bonchev–Trinajstić information content (AvgIpc) is 2.63. The van der Waals surface area contributed by atoms with Crippen LogP contribution in [0.5, 0.6) is 5.75 Å². The van der Waals surface area contributed by atoms with E-state index in [0.29, 0.717) is 10.7 Å². The van der Waals surface area contributed by atoms with Gasteiger partial charge in [0.15, 0.2) is 5.11 Å². The van der Waals surface area contributed by atoms with E-state index in [2.05, 4.69) is 21.2 Å². The number of amides is 2. The van der Waals surface area contributed by atoms with Crippen molar-refractivity contribution in [2.75, 3.05) is 4.90 Å². The summed E-state index contributed by atoms with van der Waals surface area (Å²) in [6.45, 7) is 0. The van der Waals surface area contributed by atoms with Crippen molar-refractivity contribution in [3.8, 4) is 5.75 Å². The fraction of sp³-hybridized carbons (Fsp3) is 0. The molecule has 2 N–H and O–H groups in total. The first-order valence-electron chi connectivity index (χ1n) is 7.53. The molecule has 8 nitrogen and oxygen atoms in total. The van der Waals surface area contributed by atoms with Crippen LogP contribution < -0.4 is 10.2 Å². The van der Waals surface area contributed by atoms with Gasteiger partial charge in [0.05, 0.1) is 15.1 Å². The minimum Gasteiger partial charge on any atom is -0.506 e. The Labute approximate surface area is 176 Å². The van der Waals surface area contributed by atoms with Gasteiger partial charge in [-0.05, 0) is 58.5 Å². The summed E-state index contributed by atoms with van der Waals surface area (Å²) in [7, 11) is 0. The van der Waals surface area contributed by atoms with Gasteiger partial charge in [-0.2, -0.15) is 0 Å². The van der Waals surface area contributed by atoms with Crippen LogP contribution in [0.3, 0.4) is 0 Å². The third kappa shape index (κ3) is 3.75. The zero-order chi connectivity index (χ0) is 20.6. The summed E-state index contributed by atoms with van der Waals surface area (Å²) in [5.74, 6) is -1.90. The first kappa shape index (κ1) is 19.9. The summed E-state index contributed by atoms with van der Waals surface area (Å²) in [5.41, 5.74) is -0.394. The Balaban J connectivity index is 2.09. The Bertz CT molecular complexity index is 1070. The van der Waals surface area contributed by atoms with Crippen molar-refractivity contribution in [3.63, 3.8) is 0 Å². The van der Waals surface area contributed by atoms with Crippen LogP contribution in [0.15, 0.2) is 46.4 Å². The molecule has 0 bridgehead atoms. The van der Waals surface area contributed by atoms with Crippen LogP contribution in [0.25, 0.3) is 6.08 Å². The molecule has 1 aliphatic rings. The number of nitrogens with zero attached hydrogens (tertiary/aromatic N) is 2. The van der Waals surface area contributed by atoms with Crippen molar-refractivity contribution in [1.29, 1.82) is 0 Å². The molecule has 0 aromatic heterocycles. The Hall–Kier alpha value is -2.82. The number of rotatable bonds is 3. The highest BCUT2D eigenvalue weighted by Crippen LogP contribution is 2.34. The van der Waals surface area contributed by atoms with Gasteiger partial charge in [-0.15, -0.1) is 0 Å². The fourth-order valence-electron chi connectivity index (χ4n) is 2.46. The Kier molecular flexibility index (Phi) is 5.45. The predicted octanol–water partition coefficient (Wildman–Crippen LogP) is 3.55. The zero-order valence-electron chi connectivity index (χ0n) is 13.7. The quantitative estimate of drug-likeness (QED) is 0.227. The Morgan fingerprint density at radius 1 is 1.25 bits per heavy atom. The van der Waals surface area contributed by atoms with Crippen LogP contribution in [0, 0.1) is 10.1 Å². The molecule has 1 aliphatic heterocycles. The molecule has 2 amide bonds. The molecule has 1 fully saturated rings. The molecule has 0 atom stereocenters. The number of phenolic OH excluding ortho intramolecular Hbond substituents is 1. The number of nitrogens with one attached hydrogen (secondary N) is 1. The monoisotopic (exact) mass is 481 g/mol. The minimum absolute atomic E-state index is 0.0438. The van der Waals surface area contributed by atoms with Crippen molar-refractivity contribution in [2.24, 2.45) is 0 Å². The number of carbonyl (C=O) groups excluding carboxylic acids is 2. The van der Waals surface area contributed by atoms with Gasteiger partial charge in [0, 0.05) is 22.7 Å². The van der Waals surface area contributed by atoms with Crippen LogP contribution in [0.1, 0.15) is 5.56 Å². The number of non-ortho nitro benzene ring substituents is 1. The van der Waals surface area contributed by atoms with E-state index >= 15 is 0 Å². The standard InChI is InChI=1S/C17H9BrClN3O5S/c18-13-7-11(22(26)27)5-8(14(13)23)6-12-15(24)20-17(28)21(16(12)25)10-3-1-9(19)2-4-10/h1-7,23H,(H,20,24,28)/b12-6+. The van der Waals surface area contributed by atoms with Gasteiger partial charge in [-0.3, -0.25) is 29.9 Å². The summed E-state index contributed by atoms with van der Waals surface area (Å²) >= 11 is 13.9. The maximum Gasteiger partial charge on any atom is 0.271 e. The molecule has 0 saturated carbocycles. The second-order valence-electron chi connectivity index (χ2n) is 5.56. The lowest BCUT2D eigenvalue weighted by Crippen LogP contribution is -2.54. The molecular weight excluding hydrogens is 474 g/mol.